The summed E-state index contributed by atoms with van der Waals surface area (Å²) in [6, 6.07) is 7.03. The van der Waals surface area contributed by atoms with Crippen LogP contribution in [0.3, 0.4) is 0 Å². The van der Waals surface area contributed by atoms with Crippen molar-refractivity contribution in [2.24, 2.45) is 0 Å². The van der Waals surface area contributed by atoms with Crippen molar-refractivity contribution in [1.29, 1.82) is 0 Å². The largest absolute Gasteiger partial charge is 0.496 e. The van der Waals surface area contributed by atoms with Gasteiger partial charge >= 0.3 is 11.9 Å². The molecule has 1 aliphatic heterocycles. The molecule has 0 fully saturated rings. The molecule has 1 aromatic rings. The van der Waals surface area contributed by atoms with Gasteiger partial charge in [-0.25, -0.2) is 4.79 Å². The minimum Gasteiger partial charge on any atom is -0.496 e. The van der Waals surface area contributed by atoms with Crippen LogP contribution < -0.4 is 4.74 Å². The van der Waals surface area contributed by atoms with Crippen LogP contribution in [0.25, 0.3) is 5.76 Å². The predicted molar refractivity (Wildman–Crippen MR) is 67.3 cm³/mol. The number of hydrogen-bond donors (Lipinski definition) is 0. The van der Waals surface area contributed by atoms with Gasteiger partial charge in [0.2, 0.25) is 0 Å². The van der Waals surface area contributed by atoms with Crippen molar-refractivity contribution in [3.63, 3.8) is 0 Å². The third-order valence-corrected chi connectivity index (χ3v) is 2.68. The number of ether oxygens (including phenoxy) is 3. The van der Waals surface area contributed by atoms with E-state index in [9.17, 15) is 9.59 Å². The molecule has 0 spiro atoms. The fraction of sp³-hybridized carbons (Fsp3) is 0.286. The zero-order valence-corrected chi connectivity index (χ0v) is 10.8. The van der Waals surface area contributed by atoms with Crippen LogP contribution in [0.5, 0.6) is 5.75 Å². The molecule has 2 rings (SSSR count). The van der Waals surface area contributed by atoms with Crippen LogP contribution in [0.4, 0.5) is 0 Å². The summed E-state index contributed by atoms with van der Waals surface area (Å²) < 4.78 is 15.3. The molecule has 0 aliphatic carbocycles. The molecular weight excluding hydrogens is 248 g/mol. The van der Waals surface area contributed by atoms with Crippen LogP contribution in [0, 0.1) is 0 Å². The monoisotopic (exact) mass is 262 g/mol. The molecule has 0 saturated heterocycles. The molecule has 100 valence electrons. The molecule has 0 atom stereocenters. The molecule has 0 radical (unpaired) electrons. The van der Waals surface area contributed by atoms with Gasteiger partial charge in [-0.2, -0.15) is 0 Å². The van der Waals surface area contributed by atoms with Gasteiger partial charge in [-0.3, -0.25) is 4.79 Å². The summed E-state index contributed by atoms with van der Waals surface area (Å²) in [5.41, 5.74) is 0.801. The molecule has 0 amide bonds. The highest BCUT2D eigenvalue weighted by Crippen LogP contribution is 2.35. The maximum Gasteiger partial charge on any atom is 0.338 e. The number of carbonyl (C=O) groups excluding carboxylic acids is 2. The smallest absolute Gasteiger partial charge is 0.338 e. The van der Waals surface area contributed by atoms with Gasteiger partial charge in [0.05, 0.1) is 31.3 Å². The Morgan fingerprint density at radius 2 is 2.11 bits per heavy atom. The van der Waals surface area contributed by atoms with E-state index < -0.39 is 11.9 Å². The van der Waals surface area contributed by atoms with Crippen LogP contribution in [-0.2, 0) is 19.1 Å². The number of cyclic esters (lactones) is 1. The molecule has 19 heavy (non-hydrogen) atoms. The summed E-state index contributed by atoms with van der Waals surface area (Å²) in [5.74, 6) is -0.242. The van der Waals surface area contributed by atoms with E-state index in [2.05, 4.69) is 0 Å². The van der Waals surface area contributed by atoms with Crippen molar-refractivity contribution in [3.8, 4) is 5.75 Å². The van der Waals surface area contributed by atoms with Crippen molar-refractivity contribution < 1.29 is 23.8 Å². The van der Waals surface area contributed by atoms with Gasteiger partial charge in [0.15, 0.2) is 5.76 Å². The van der Waals surface area contributed by atoms with Crippen molar-refractivity contribution in [1.82, 2.24) is 0 Å². The first kappa shape index (κ1) is 13.1. The van der Waals surface area contributed by atoms with Crippen LogP contribution in [0.1, 0.15) is 18.9 Å². The number of para-hydroxylation sites is 1. The Labute approximate surface area is 110 Å². The minimum absolute atomic E-state index is 0.0772. The lowest BCUT2D eigenvalue weighted by Crippen LogP contribution is -2.08. The number of benzene rings is 1. The van der Waals surface area contributed by atoms with E-state index in [0.717, 1.165) is 0 Å². The first-order valence-electron chi connectivity index (χ1n) is 5.91. The summed E-state index contributed by atoms with van der Waals surface area (Å²) in [7, 11) is 1.51. The van der Waals surface area contributed by atoms with Crippen molar-refractivity contribution in [3.05, 3.63) is 35.4 Å². The van der Waals surface area contributed by atoms with Crippen molar-refractivity contribution in [2.45, 2.75) is 13.3 Å². The molecule has 1 heterocycles. The molecular formula is C14H14O5. The van der Waals surface area contributed by atoms with E-state index in [4.69, 9.17) is 14.2 Å². The van der Waals surface area contributed by atoms with Crippen LogP contribution in [-0.4, -0.2) is 25.7 Å². The molecule has 1 aliphatic rings. The number of esters is 2. The summed E-state index contributed by atoms with van der Waals surface area (Å²) in [6.07, 6.45) is -0.0772. The summed E-state index contributed by atoms with van der Waals surface area (Å²) in [4.78, 5) is 23.3. The fourth-order valence-corrected chi connectivity index (χ4v) is 1.87. The second-order valence-corrected chi connectivity index (χ2v) is 3.88. The van der Waals surface area contributed by atoms with Crippen LogP contribution >= 0.6 is 0 Å². The Morgan fingerprint density at radius 3 is 2.79 bits per heavy atom. The Morgan fingerprint density at radius 1 is 1.37 bits per heavy atom. The third kappa shape index (κ3) is 2.59. The molecule has 0 saturated carbocycles. The van der Waals surface area contributed by atoms with Gasteiger partial charge in [-0.15, -0.1) is 0 Å². The molecule has 5 nitrogen and oxygen atoms in total. The molecule has 0 aromatic heterocycles. The zero-order valence-electron chi connectivity index (χ0n) is 10.8. The lowest BCUT2D eigenvalue weighted by molar-refractivity contribution is -0.140. The highest BCUT2D eigenvalue weighted by molar-refractivity contribution is 6.05. The normalized spacial score (nSPS) is 14.3. The molecule has 0 N–H and O–H groups in total. The molecule has 0 unspecified atom stereocenters. The number of carbonyl (C=O) groups is 2. The molecule has 1 aromatic carbocycles. The summed E-state index contributed by atoms with van der Waals surface area (Å²) >= 11 is 0. The van der Waals surface area contributed by atoms with E-state index in [1.165, 1.54) is 7.11 Å². The average molecular weight is 262 g/mol. The predicted octanol–water partition coefficient (Wildman–Crippen LogP) is 1.92. The molecule has 0 bridgehead atoms. The van der Waals surface area contributed by atoms with E-state index >= 15 is 0 Å². The Kier molecular flexibility index (Phi) is 3.85. The second-order valence-electron chi connectivity index (χ2n) is 3.88. The van der Waals surface area contributed by atoms with Gasteiger partial charge < -0.3 is 14.2 Å². The number of rotatable bonds is 4. The van der Waals surface area contributed by atoms with Crippen molar-refractivity contribution >= 4 is 17.7 Å². The SMILES string of the molecule is CCOC(=O)C1=C(c2ccccc2OC)OC(=O)C1. The Balaban J connectivity index is 2.46. The van der Waals surface area contributed by atoms with Gasteiger partial charge in [-0.05, 0) is 19.1 Å². The minimum atomic E-state index is -0.533. The highest BCUT2D eigenvalue weighted by atomic mass is 16.6. The fourth-order valence-electron chi connectivity index (χ4n) is 1.87. The maximum atomic E-state index is 11.8. The first-order chi connectivity index (χ1) is 9.17. The van der Waals surface area contributed by atoms with Crippen molar-refractivity contribution in [2.75, 3.05) is 13.7 Å². The van der Waals surface area contributed by atoms with Gasteiger partial charge in [0, 0.05) is 0 Å². The average Bonchev–Trinajstić information content (AvgIpc) is 2.81. The van der Waals surface area contributed by atoms with Gasteiger partial charge in [0.25, 0.3) is 0 Å². The lowest BCUT2D eigenvalue weighted by atomic mass is 10.1. The number of methoxy groups -OCH3 is 1. The topological polar surface area (TPSA) is 61.8 Å². The van der Waals surface area contributed by atoms with Crippen LogP contribution in [0.2, 0.25) is 0 Å². The maximum absolute atomic E-state index is 11.8. The second kappa shape index (κ2) is 5.56. The van der Waals surface area contributed by atoms with Gasteiger partial charge in [0.1, 0.15) is 5.75 Å². The highest BCUT2D eigenvalue weighted by Gasteiger charge is 2.32. The number of hydrogen-bond acceptors (Lipinski definition) is 5. The summed E-state index contributed by atoms with van der Waals surface area (Å²) in [5, 5.41) is 0. The van der Waals surface area contributed by atoms with Gasteiger partial charge in [-0.1, -0.05) is 12.1 Å². The summed E-state index contributed by atoms with van der Waals surface area (Å²) in [6.45, 7) is 1.95. The van der Waals surface area contributed by atoms with Crippen LogP contribution in [0.15, 0.2) is 29.8 Å². The van der Waals surface area contributed by atoms with E-state index in [0.29, 0.717) is 11.3 Å². The Bertz CT molecular complexity index is 545. The zero-order chi connectivity index (χ0) is 13.8. The quantitative estimate of drug-likeness (QED) is 0.776. The van der Waals surface area contributed by atoms with E-state index in [-0.39, 0.29) is 24.4 Å². The molecule has 5 heteroatoms. The third-order valence-electron chi connectivity index (χ3n) is 2.68. The standard InChI is InChI=1S/C14H14O5/c1-3-18-14(16)10-8-12(15)19-13(10)9-6-4-5-7-11(9)17-2/h4-7H,3,8H2,1-2H3. The Hall–Kier alpha value is -2.30. The lowest BCUT2D eigenvalue weighted by Gasteiger charge is -2.09. The first-order valence-corrected chi connectivity index (χ1v) is 5.91. The van der Waals surface area contributed by atoms with E-state index in [1.807, 2.05) is 0 Å². The van der Waals surface area contributed by atoms with E-state index in [1.54, 1.807) is 31.2 Å².